The van der Waals surface area contributed by atoms with Crippen molar-refractivity contribution in [3.8, 4) is 0 Å². The van der Waals surface area contributed by atoms with Crippen molar-refractivity contribution in [3.05, 3.63) is 12.3 Å². The van der Waals surface area contributed by atoms with Gasteiger partial charge in [0, 0.05) is 19.0 Å². The molecule has 2 unspecified atom stereocenters. The molecule has 1 saturated heterocycles. The predicted molar refractivity (Wildman–Crippen MR) is 66.9 cm³/mol. The van der Waals surface area contributed by atoms with Crippen LogP contribution in [0.1, 0.15) is 32.7 Å². The van der Waals surface area contributed by atoms with E-state index in [9.17, 15) is 9.59 Å². The average molecular weight is 250 g/mol. The maximum Gasteiger partial charge on any atom is 0.229 e. The number of carbonyl (C=O) groups excluding carboxylic acids is 2. The number of primary amides is 1. The summed E-state index contributed by atoms with van der Waals surface area (Å²) in [6.07, 6.45) is 2.79. The van der Waals surface area contributed by atoms with Crippen LogP contribution in [0.5, 0.6) is 0 Å². The molecule has 6 nitrogen and oxygen atoms in total. The Kier molecular flexibility index (Phi) is 3.36. The van der Waals surface area contributed by atoms with Gasteiger partial charge in [-0.05, 0) is 13.3 Å². The Hall–Kier alpha value is -1.85. The third kappa shape index (κ3) is 2.10. The number of carbonyl (C=O) groups is 2. The highest BCUT2D eigenvalue weighted by molar-refractivity contribution is 5.99. The maximum atomic E-state index is 11.9. The molecule has 1 aromatic rings. The molecular weight excluding hydrogens is 232 g/mol. The number of nitrogens with two attached hydrogens (primary N) is 1. The van der Waals surface area contributed by atoms with Crippen molar-refractivity contribution < 1.29 is 9.59 Å². The molecule has 0 spiro atoms. The predicted octanol–water partition coefficient (Wildman–Crippen LogP) is 0.692. The van der Waals surface area contributed by atoms with Gasteiger partial charge in [0.05, 0.1) is 18.2 Å². The van der Waals surface area contributed by atoms with Gasteiger partial charge in [-0.3, -0.25) is 14.5 Å². The van der Waals surface area contributed by atoms with Crippen molar-refractivity contribution in [1.29, 1.82) is 0 Å². The lowest BCUT2D eigenvalue weighted by molar-refractivity contribution is -0.123. The number of anilines is 1. The van der Waals surface area contributed by atoms with E-state index in [1.165, 1.54) is 0 Å². The van der Waals surface area contributed by atoms with Crippen LogP contribution in [0, 0.1) is 5.92 Å². The standard InChI is InChI=1S/C12H18N4O2/c1-3-8(2)16-10(4-5-14-16)15-7-9(12(13)18)6-11(15)17/h4-5,8-9H,3,6-7H2,1-2H3,(H2,13,18). The molecule has 2 heterocycles. The molecule has 2 rings (SSSR count). The van der Waals surface area contributed by atoms with E-state index < -0.39 is 11.8 Å². The van der Waals surface area contributed by atoms with Crippen molar-refractivity contribution in [2.24, 2.45) is 11.7 Å². The molecule has 1 aromatic heterocycles. The van der Waals surface area contributed by atoms with E-state index in [2.05, 4.69) is 12.0 Å². The lowest BCUT2D eigenvalue weighted by Gasteiger charge is -2.20. The summed E-state index contributed by atoms with van der Waals surface area (Å²) in [6, 6.07) is 2.02. The van der Waals surface area contributed by atoms with Gasteiger partial charge >= 0.3 is 0 Å². The van der Waals surface area contributed by atoms with Gasteiger partial charge in [0.25, 0.3) is 0 Å². The molecular formula is C12H18N4O2. The van der Waals surface area contributed by atoms with E-state index >= 15 is 0 Å². The molecule has 0 bridgehead atoms. The summed E-state index contributed by atoms with van der Waals surface area (Å²) >= 11 is 0. The normalized spacial score (nSPS) is 21.3. The lowest BCUT2D eigenvalue weighted by atomic mass is 10.1. The fourth-order valence-corrected chi connectivity index (χ4v) is 2.15. The second-order valence-corrected chi connectivity index (χ2v) is 4.70. The summed E-state index contributed by atoms with van der Waals surface area (Å²) in [5.74, 6) is -0.125. The highest BCUT2D eigenvalue weighted by Crippen LogP contribution is 2.27. The summed E-state index contributed by atoms with van der Waals surface area (Å²) < 4.78 is 1.82. The zero-order chi connectivity index (χ0) is 13.3. The quantitative estimate of drug-likeness (QED) is 0.853. The van der Waals surface area contributed by atoms with Crippen LogP contribution in [-0.4, -0.2) is 28.1 Å². The maximum absolute atomic E-state index is 11.9. The fraction of sp³-hybridized carbons (Fsp3) is 0.583. The van der Waals surface area contributed by atoms with Gasteiger partial charge < -0.3 is 5.73 Å². The third-order valence-electron chi connectivity index (χ3n) is 3.46. The summed E-state index contributed by atoms with van der Waals surface area (Å²) in [4.78, 5) is 24.7. The van der Waals surface area contributed by atoms with Crippen LogP contribution in [0.2, 0.25) is 0 Å². The Morgan fingerprint density at radius 2 is 2.39 bits per heavy atom. The molecule has 1 aliphatic heterocycles. The van der Waals surface area contributed by atoms with Crippen molar-refractivity contribution in [3.63, 3.8) is 0 Å². The summed E-state index contributed by atoms with van der Waals surface area (Å²) in [5.41, 5.74) is 5.26. The minimum atomic E-state index is -0.416. The molecule has 1 aliphatic rings. The molecule has 98 valence electrons. The number of rotatable bonds is 4. The first-order chi connectivity index (χ1) is 8.54. The van der Waals surface area contributed by atoms with Crippen LogP contribution in [0.25, 0.3) is 0 Å². The van der Waals surface area contributed by atoms with Crippen molar-refractivity contribution >= 4 is 17.6 Å². The van der Waals surface area contributed by atoms with E-state index in [0.29, 0.717) is 6.54 Å². The highest BCUT2D eigenvalue weighted by atomic mass is 16.2. The van der Waals surface area contributed by atoms with E-state index in [4.69, 9.17) is 5.73 Å². The van der Waals surface area contributed by atoms with Gasteiger partial charge in [-0.25, -0.2) is 4.68 Å². The van der Waals surface area contributed by atoms with E-state index in [-0.39, 0.29) is 18.4 Å². The third-order valence-corrected chi connectivity index (χ3v) is 3.46. The molecule has 0 radical (unpaired) electrons. The monoisotopic (exact) mass is 250 g/mol. The van der Waals surface area contributed by atoms with Gasteiger partial charge in [0.15, 0.2) is 0 Å². The number of hydrogen-bond acceptors (Lipinski definition) is 3. The Morgan fingerprint density at radius 3 is 2.94 bits per heavy atom. The molecule has 18 heavy (non-hydrogen) atoms. The first-order valence-electron chi connectivity index (χ1n) is 6.17. The zero-order valence-corrected chi connectivity index (χ0v) is 10.7. The van der Waals surface area contributed by atoms with Crippen molar-refractivity contribution in [1.82, 2.24) is 9.78 Å². The number of aromatic nitrogens is 2. The smallest absolute Gasteiger partial charge is 0.229 e. The van der Waals surface area contributed by atoms with Crippen LogP contribution in [-0.2, 0) is 9.59 Å². The molecule has 0 saturated carbocycles. The second kappa shape index (κ2) is 4.80. The van der Waals surface area contributed by atoms with Crippen LogP contribution in [0.4, 0.5) is 5.82 Å². The second-order valence-electron chi connectivity index (χ2n) is 4.70. The van der Waals surface area contributed by atoms with Gasteiger partial charge in [-0.1, -0.05) is 6.92 Å². The largest absolute Gasteiger partial charge is 0.369 e. The molecule has 2 N–H and O–H groups in total. The minimum absolute atomic E-state index is 0.0659. The van der Waals surface area contributed by atoms with Crippen LogP contribution >= 0.6 is 0 Å². The van der Waals surface area contributed by atoms with E-state index in [1.807, 2.05) is 11.6 Å². The van der Waals surface area contributed by atoms with Gasteiger partial charge in [-0.2, -0.15) is 5.10 Å². The average Bonchev–Trinajstić information content (AvgIpc) is 2.93. The Balaban J connectivity index is 2.25. The SMILES string of the molecule is CCC(C)n1nccc1N1CC(C(N)=O)CC1=O. The van der Waals surface area contributed by atoms with E-state index in [1.54, 1.807) is 17.2 Å². The number of nitrogens with zero attached hydrogens (tertiary/aromatic N) is 3. The van der Waals surface area contributed by atoms with Crippen molar-refractivity contribution in [2.45, 2.75) is 32.7 Å². The van der Waals surface area contributed by atoms with Crippen LogP contribution < -0.4 is 10.6 Å². The zero-order valence-electron chi connectivity index (χ0n) is 10.7. The van der Waals surface area contributed by atoms with E-state index in [0.717, 1.165) is 12.2 Å². The Morgan fingerprint density at radius 1 is 1.67 bits per heavy atom. The van der Waals surface area contributed by atoms with Gasteiger partial charge in [0.2, 0.25) is 11.8 Å². The first-order valence-corrected chi connectivity index (χ1v) is 6.17. The number of amides is 2. The van der Waals surface area contributed by atoms with Gasteiger partial charge in [0.1, 0.15) is 5.82 Å². The van der Waals surface area contributed by atoms with Crippen LogP contribution in [0.3, 0.4) is 0 Å². The number of hydrogen-bond donors (Lipinski definition) is 1. The molecule has 2 amide bonds. The molecule has 0 aliphatic carbocycles. The topological polar surface area (TPSA) is 81.2 Å². The molecule has 2 atom stereocenters. The molecule has 1 fully saturated rings. The molecule has 6 heteroatoms. The molecule has 0 aromatic carbocycles. The Labute approximate surface area is 106 Å². The summed E-state index contributed by atoms with van der Waals surface area (Å²) in [7, 11) is 0. The summed E-state index contributed by atoms with van der Waals surface area (Å²) in [5, 5.41) is 4.24. The van der Waals surface area contributed by atoms with Crippen LogP contribution in [0.15, 0.2) is 12.3 Å². The van der Waals surface area contributed by atoms with Crippen molar-refractivity contribution in [2.75, 3.05) is 11.4 Å². The lowest BCUT2D eigenvalue weighted by Crippen LogP contribution is -2.30. The minimum Gasteiger partial charge on any atom is -0.369 e. The highest BCUT2D eigenvalue weighted by Gasteiger charge is 2.35. The summed E-state index contributed by atoms with van der Waals surface area (Å²) in [6.45, 7) is 4.47. The van der Waals surface area contributed by atoms with Gasteiger partial charge in [-0.15, -0.1) is 0 Å². The fourth-order valence-electron chi connectivity index (χ4n) is 2.15. The first kappa shape index (κ1) is 12.6. The Bertz CT molecular complexity index is 468.